The van der Waals surface area contributed by atoms with Crippen molar-refractivity contribution in [2.45, 2.75) is 51.2 Å². The molecule has 2 atom stereocenters. The van der Waals surface area contributed by atoms with E-state index in [0.29, 0.717) is 13.0 Å². The lowest BCUT2D eigenvalue weighted by molar-refractivity contribution is -0.150. The number of epoxide rings is 1. The van der Waals surface area contributed by atoms with Crippen LogP contribution in [0.3, 0.4) is 0 Å². The highest BCUT2D eigenvalue weighted by Gasteiger charge is 2.63. The monoisotopic (exact) mass is 292 g/mol. The Labute approximate surface area is 126 Å². The van der Waals surface area contributed by atoms with Gasteiger partial charge in [0.25, 0.3) is 0 Å². The predicted molar refractivity (Wildman–Crippen MR) is 80.3 cm³/mol. The van der Waals surface area contributed by atoms with E-state index in [9.17, 15) is 4.79 Å². The first kappa shape index (κ1) is 15.8. The van der Waals surface area contributed by atoms with Crippen molar-refractivity contribution in [1.82, 2.24) is 0 Å². The minimum Gasteiger partial charge on any atom is -0.497 e. The van der Waals surface area contributed by atoms with Gasteiger partial charge in [-0.15, -0.1) is 0 Å². The van der Waals surface area contributed by atoms with E-state index in [1.54, 1.807) is 7.11 Å². The number of esters is 1. The number of carbonyl (C=O) groups is 1. The molecule has 0 aliphatic carbocycles. The van der Waals surface area contributed by atoms with E-state index >= 15 is 0 Å². The first-order chi connectivity index (χ1) is 10.2. The van der Waals surface area contributed by atoms with Crippen LogP contribution in [0.25, 0.3) is 0 Å². The molecule has 0 bridgehead atoms. The first-order valence-corrected chi connectivity index (χ1v) is 7.67. The Balaban J connectivity index is 1.95. The summed E-state index contributed by atoms with van der Waals surface area (Å²) in [5.74, 6) is 0.561. The van der Waals surface area contributed by atoms with Crippen LogP contribution in [0, 0.1) is 0 Å². The van der Waals surface area contributed by atoms with Gasteiger partial charge in [-0.3, -0.25) is 0 Å². The Morgan fingerprint density at radius 2 is 1.95 bits per heavy atom. The summed E-state index contributed by atoms with van der Waals surface area (Å²) in [6.07, 6.45) is 3.52. The molecule has 0 N–H and O–H groups in total. The molecule has 1 saturated heterocycles. The van der Waals surface area contributed by atoms with Gasteiger partial charge in [0.15, 0.2) is 5.60 Å². The minimum absolute atomic E-state index is 0.202. The normalized spacial score (nSPS) is 23.7. The first-order valence-electron chi connectivity index (χ1n) is 7.67. The minimum atomic E-state index is -0.791. The highest BCUT2D eigenvalue weighted by atomic mass is 16.7. The summed E-state index contributed by atoms with van der Waals surface area (Å²) in [6.45, 7) is 4.56. The van der Waals surface area contributed by atoms with Gasteiger partial charge < -0.3 is 14.2 Å². The molecule has 0 radical (unpaired) electrons. The van der Waals surface area contributed by atoms with E-state index in [4.69, 9.17) is 14.2 Å². The van der Waals surface area contributed by atoms with Crippen LogP contribution in [-0.4, -0.2) is 25.3 Å². The second kappa shape index (κ2) is 6.94. The number of hydrogen-bond acceptors (Lipinski definition) is 4. The standard InChI is InChI=1S/C17H24O4/c1-4-6-7-12-20-16(18)17(5-2)15(21-17)13-8-10-14(19-3)11-9-13/h8-11,15H,4-7,12H2,1-3H3. The third kappa shape index (κ3) is 3.38. The van der Waals surface area contributed by atoms with Crippen LogP contribution >= 0.6 is 0 Å². The van der Waals surface area contributed by atoms with Crippen molar-refractivity contribution in [2.75, 3.05) is 13.7 Å². The third-order valence-corrected chi connectivity index (χ3v) is 3.96. The van der Waals surface area contributed by atoms with E-state index in [1.165, 1.54) is 0 Å². The van der Waals surface area contributed by atoms with Crippen molar-refractivity contribution in [3.05, 3.63) is 29.8 Å². The van der Waals surface area contributed by atoms with Gasteiger partial charge in [-0.25, -0.2) is 4.79 Å². The number of carbonyl (C=O) groups excluding carboxylic acids is 1. The van der Waals surface area contributed by atoms with Gasteiger partial charge in [-0.1, -0.05) is 38.8 Å². The number of benzene rings is 1. The Morgan fingerprint density at radius 3 is 2.52 bits per heavy atom. The number of unbranched alkanes of at least 4 members (excludes halogenated alkanes) is 2. The number of hydrogen-bond donors (Lipinski definition) is 0. The van der Waals surface area contributed by atoms with Crippen molar-refractivity contribution in [3.63, 3.8) is 0 Å². The molecule has 0 amide bonds. The van der Waals surface area contributed by atoms with Gasteiger partial charge in [0, 0.05) is 0 Å². The molecule has 21 heavy (non-hydrogen) atoms. The maximum atomic E-state index is 12.3. The second-order valence-corrected chi connectivity index (χ2v) is 5.36. The fourth-order valence-electron chi connectivity index (χ4n) is 2.50. The molecule has 0 spiro atoms. The van der Waals surface area contributed by atoms with Crippen LogP contribution in [0.4, 0.5) is 0 Å². The Morgan fingerprint density at radius 1 is 1.24 bits per heavy atom. The van der Waals surface area contributed by atoms with Gasteiger partial charge in [0.2, 0.25) is 0 Å². The lowest BCUT2D eigenvalue weighted by Gasteiger charge is -2.10. The van der Waals surface area contributed by atoms with Crippen molar-refractivity contribution in [3.8, 4) is 5.75 Å². The van der Waals surface area contributed by atoms with E-state index in [1.807, 2.05) is 31.2 Å². The van der Waals surface area contributed by atoms with Gasteiger partial charge in [-0.05, 0) is 30.5 Å². The Hall–Kier alpha value is -1.55. The van der Waals surface area contributed by atoms with E-state index in [-0.39, 0.29) is 12.1 Å². The van der Waals surface area contributed by atoms with E-state index in [0.717, 1.165) is 30.6 Å². The molecule has 2 unspecified atom stereocenters. The molecule has 1 aromatic rings. The summed E-state index contributed by atoms with van der Waals surface area (Å²) in [5.41, 5.74) is 0.198. The van der Waals surface area contributed by atoms with Crippen LogP contribution in [-0.2, 0) is 14.3 Å². The molecule has 0 aromatic heterocycles. The number of rotatable bonds is 8. The van der Waals surface area contributed by atoms with Gasteiger partial charge in [-0.2, -0.15) is 0 Å². The number of ether oxygens (including phenoxy) is 3. The lowest BCUT2D eigenvalue weighted by atomic mass is 9.97. The third-order valence-electron chi connectivity index (χ3n) is 3.96. The summed E-state index contributed by atoms with van der Waals surface area (Å²) >= 11 is 0. The van der Waals surface area contributed by atoms with Crippen molar-refractivity contribution < 1.29 is 19.0 Å². The Kier molecular flexibility index (Phi) is 5.23. The van der Waals surface area contributed by atoms with Gasteiger partial charge in [0.05, 0.1) is 13.7 Å². The quantitative estimate of drug-likeness (QED) is 0.417. The van der Waals surface area contributed by atoms with Crippen LogP contribution < -0.4 is 4.74 Å². The molecule has 1 heterocycles. The highest BCUT2D eigenvalue weighted by molar-refractivity contribution is 5.83. The average Bonchev–Trinajstić information content (AvgIpc) is 3.27. The zero-order valence-electron chi connectivity index (χ0n) is 13.1. The molecule has 0 saturated carbocycles. The smallest absolute Gasteiger partial charge is 0.341 e. The maximum Gasteiger partial charge on any atom is 0.341 e. The van der Waals surface area contributed by atoms with Crippen molar-refractivity contribution in [2.24, 2.45) is 0 Å². The SMILES string of the molecule is CCCCCOC(=O)C1(CC)OC1c1ccc(OC)cc1. The second-order valence-electron chi connectivity index (χ2n) is 5.36. The van der Waals surface area contributed by atoms with E-state index in [2.05, 4.69) is 6.92 Å². The van der Waals surface area contributed by atoms with Gasteiger partial charge >= 0.3 is 5.97 Å². The molecule has 1 fully saturated rings. The Bertz CT molecular complexity index is 468. The molecular weight excluding hydrogens is 268 g/mol. The van der Waals surface area contributed by atoms with Crippen molar-refractivity contribution in [1.29, 1.82) is 0 Å². The molecule has 2 rings (SSSR count). The average molecular weight is 292 g/mol. The molecule has 1 aliphatic rings. The van der Waals surface area contributed by atoms with Crippen LogP contribution in [0.15, 0.2) is 24.3 Å². The van der Waals surface area contributed by atoms with Crippen LogP contribution in [0.1, 0.15) is 51.2 Å². The molecule has 1 aromatic carbocycles. The summed E-state index contributed by atoms with van der Waals surface area (Å²) < 4.78 is 16.2. The lowest BCUT2D eigenvalue weighted by Crippen LogP contribution is -2.27. The number of methoxy groups -OCH3 is 1. The zero-order chi connectivity index (χ0) is 15.3. The highest BCUT2D eigenvalue weighted by Crippen LogP contribution is 2.52. The van der Waals surface area contributed by atoms with Crippen molar-refractivity contribution >= 4 is 5.97 Å². The predicted octanol–water partition coefficient (Wildman–Crippen LogP) is 3.65. The molecule has 116 valence electrons. The molecule has 1 aliphatic heterocycles. The van der Waals surface area contributed by atoms with E-state index < -0.39 is 5.60 Å². The summed E-state index contributed by atoms with van der Waals surface area (Å²) in [5, 5.41) is 0. The summed E-state index contributed by atoms with van der Waals surface area (Å²) in [7, 11) is 1.63. The fourth-order valence-corrected chi connectivity index (χ4v) is 2.50. The summed E-state index contributed by atoms with van der Waals surface area (Å²) in [6, 6.07) is 7.63. The summed E-state index contributed by atoms with van der Waals surface area (Å²) in [4.78, 5) is 12.3. The molecule has 4 heteroatoms. The maximum absolute atomic E-state index is 12.3. The molecular formula is C17H24O4. The largest absolute Gasteiger partial charge is 0.497 e. The van der Waals surface area contributed by atoms with Gasteiger partial charge in [0.1, 0.15) is 11.9 Å². The van der Waals surface area contributed by atoms with Crippen LogP contribution in [0.2, 0.25) is 0 Å². The zero-order valence-corrected chi connectivity index (χ0v) is 13.1. The molecule has 4 nitrogen and oxygen atoms in total. The van der Waals surface area contributed by atoms with Crippen LogP contribution in [0.5, 0.6) is 5.75 Å². The fraction of sp³-hybridized carbons (Fsp3) is 0.588. The topological polar surface area (TPSA) is 48.1 Å².